The first-order chi connectivity index (χ1) is 16.7. The number of nitrogens with one attached hydrogen (secondary N) is 2. The van der Waals surface area contributed by atoms with Crippen LogP contribution in [0.15, 0.2) is 66.7 Å². The first-order valence-electron chi connectivity index (χ1n) is 12.1. The maximum absolute atomic E-state index is 13.3. The van der Waals surface area contributed by atoms with Crippen LogP contribution in [0.25, 0.3) is 0 Å². The minimum Gasteiger partial charge on any atom is -0.497 e. The van der Waals surface area contributed by atoms with Crippen LogP contribution in [0.5, 0.6) is 11.5 Å². The Morgan fingerprint density at radius 3 is 2.56 bits per heavy atom. The smallest absolute Gasteiger partial charge is 0.255 e. The fourth-order valence-electron chi connectivity index (χ4n) is 6.72. The van der Waals surface area contributed by atoms with Crippen LogP contribution in [-0.4, -0.2) is 20.1 Å². The van der Waals surface area contributed by atoms with E-state index in [1.807, 2.05) is 12.1 Å². The molecule has 6 rings (SSSR count). The third-order valence-electron chi connectivity index (χ3n) is 8.16. The van der Waals surface area contributed by atoms with Crippen molar-refractivity contribution in [1.29, 1.82) is 0 Å². The van der Waals surface area contributed by atoms with Crippen LogP contribution < -0.4 is 20.1 Å². The number of carbonyl (C=O) groups excluding carboxylic acids is 1. The average molecular weight is 455 g/mol. The number of hydrogen-bond donors (Lipinski definition) is 2. The van der Waals surface area contributed by atoms with Gasteiger partial charge in [0, 0.05) is 17.3 Å². The highest BCUT2D eigenvalue weighted by Crippen LogP contribution is 2.63. The first-order valence-corrected chi connectivity index (χ1v) is 12.1. The third-order valence-corrected chi connectivity index (χ3v) is 8.16. The highest BCUT2D eigenvalue weighted by molar-refractivity contribution is 6.05. The SMILES string of the molecule is COc1ccc(OC)c(NC(=O)c2ccc3c(c2)[C@H]2[C@H]4CC[C@@H](C4)[C@@H]2[C@H](c2ccccc2)N3)c1. The van der Waals surface area contributed by atoms with Gasteiger partial charge in [-0.1, -0.05) is 30.3 Å². The molecule has 0 unspecified atom stereocenters. The average Bonchev–Trinajstić information content (AvgIpc) is 3.51. The fourth-order valence-corrected chi connectivity index (χ4v) is 6.72. The summed E-state index contributed by atoms with van der Waals surface area (Å²) in [7, 11) is 3.21. The number of benzene rings is 3. The lowest BCUT2D eigenvalue weighted by atomic mass is 9.68. The minimum atomic E-state index is -0.140. The van der Waals surface area contributed by atoms with Crippen molar-refractivity contribution in [3.63, 3.8) is 0 Å². The quantitative estimate of drug-likeness (QED) is 0.478. The van der Waals surface area contributed by atoms with E-state index in [0.29, 0.717) is 46.5 Å². The monoisotopic (exact) mass is 454 g/mol. The maximum atomic E-state index is 13.3. The molecule has 0 radical (unpaired) electrons. The number of fused-ring (bicyclic) bond motifs is 7. The summed E-state index contributed by atoms with van der Waals surface area (Å²) in [6.45, 7) is 0. The zero-order valence-electron chi connectivity index (χ0n) is 19.6. The van der Waals surface area contributed by atoms with E-state index in [-0.39, 0.29) is 5.91 Å². The third kappa shape index (κ3) is 3.42. The molecule has 0 saturated heterocycles. The number of ether oxygens (including phenoxy) is 2. The maximum Gasteiger partial charge on any atom is 0.255 e. The van der Waals surface area contributed by atoms with E-state index in [9.17, 15) is 4.79 Å². The number of rotatable bonds is 5. The van der Waals surface area contributed by atoms with Crippen molar-refractivity contribution in [2.45, 2.75) is 31.2 Å². The fraction of sp³-hybridized carbons (Fsp3) is 0.345. The van der Waals surface area contributed by atoms with Crippen LogP contribution >= 0.6 is 0 Å². The number of amides is 1. The molecule has 1 aliphatic heterocycles. The molecule has 0 spiro atoms. The molecule has 2 N–H and O–H groups in total. The van der Waals surface area contributed by atoms with Gasteiger partial charge in [0.05, 0.1) is 25.9 Å². The van der Waals surface area contributed by atoms with Gasteiger partial charge in [-0.25, -0.2) is 0 Å². The van der Waals surface area contributed by atoms with Gasteiger partial charge in [-0.05, 0) is 84.4 Å². The van der Waals surface area contributed by atoms with Gasteiger partial charge in [-0.2, -0.15) is 0 Å². The molecule has 1 heterocycles. The second-order valence-electron chi connectivity index (χ2n) is 9.79. The molecule has 3 aromatic carbocycles. The molecule has 34 heavy (non-hydrogen) atoms. The number of methoxy groups -OCH3 is 2. The van der Waals surface area contributed by atoms with Gasteiger partial charge in [0.15, 0.2) is 0 Å². The number of carbonyl (C=O) groups is 1. The Bertz CT molecular complexity index is 1230. The summed E-state index contributed by atoms with van der Waals surface area (Å²) in [5.41, 5.74) is 5.10. The molecule has 5 heteroatoms. The van der Waals surface area contributed by atoms with Crippen molar-refractivity contribution in [2.75, 3.05) is 24.9 Å². The molecule has 2 aliphatic carbocycles. The summed E-state index contributed by atoms with van der Waals surface area (Å²) in [4.78, 5) is 13.3. The van der Waals surface area contributed by atoms with Crippen molar-refractivity contribution in [1.82, 2.24) is 0 Å². The van der Waals surface area contributed by atoms with E-state index in [1.165, 1.54) is 30.4 Å². The van der Waals surface area contributed by atoms with Gasteiger partial charge in [0.25, 0.3) is 5.91 Å². The van der Waals surface area contributed by atoms with E-state index in [4.69, 9.17) is 9.47 Å². The van der Waals surface area contributed by atoms with E-state index in [1.54, 1.807) is 26.4 Å². The van der Waals surface area contributed by atoms with Gasteiger partial charge in [0.1, 0.15) is 11.5 Å². The zero-order valence-corrected chi connectivity index (χ0v) is 19.6. The molecule has 174 valence electrons. The Labute approximate surface area is 200 Å². The molecule has 2 saturated carbocycles. The van der Waals surface area contributed by atoms with Crippen molar-refractivity contribution < 1.29 is 14.3 Å². The summed E-state index contributed by atoms with van der Waals surface area (Å²) in [6.07, 6.45) is 3.92. The summed E-state index contributed by atoms with van der Waals surface area (Å²) in [5.74, 6) is 3.66. The van der Waals surface area contributed by atoms with Crippen molar-refractivity contribution in [3.8, 4) is 11.5 Å². The Kier molecular flexibility index (Phi) is 5.20. The normalized spacial score (nSPS) is 26.2. The van der Waals surface area contributed by atoms with E-state index in [0.717, 1.165) is 11.6 Å². The Morgan fingerprint density at radius 2 is 1.76 bits per heavy atom. The van der Waals surface area contributed by atoms with Crippen LogP contribution in [-0.2, 0) is 0 Å². The summed E-state index contributed by atoms with van der Waals surface area (Å²) >= 11 is 0. The van der Waals surface area contributed by atoms with Crippen LogP contribution in [0.2, 0.25) is 0 Å². The van der Waals surface area contributed by atoms with Gasteiger partial charge >= 0.3 is 0 Å². The number of anilines is 2. The lowest BCUT2D eigenvalue weighted by Crippen LogP contribution is -2.35. The van der Waals surface area contributed by atoms with Crippen LogP contribution in [0.1, 0.15) is 52.7 Å². The predicted octanol–water partition coefficient (Wildman–Crippen LogP) is 6.25. The van der Waals surface area contributed by atoms with Crippen LogP contribution in [0, 0.1) is 17.8 Å². The van der Waals surface area contributed by atoms with Gasteiger partial charge in [0.2, 0.25) is 0 Å². The Morgan fingerprint density at radius 1 is 0.941 bits per heavy atom. The molecular weight excluding hydrogens is 424 g/mol. The van der Waals surface area contributed by atoms with Crippen molar-refractivity contribution in [3.05, 3.63) is 83.4 Å². The highest BCUT2D eigenvalue weighted by atomic mass is 16.5. The number of hydrogen-bond acceptors (Lipinski definition) is 4. The second-order valence-corrected chi connectivity index (χ2v) is 9.79. The second kappa shape index (κ2) is 8.39. The standard InChI is InChI=1S/C29H30N2O3/c1-33-21-11-13-25(34-2)24(16-21)31-29(32)20-10-12-23-22(15-20)26-18-8-9-19(14-18)27(26)28(30-23)17-6-4-3-5-7-17/h3-7,10-13,15-16,18-19,26-28,30H,8-9,14H2,1-2H3,(H,31,32)/t18-,19-,26+,27-,28-/m0/s1. The summed E-state index contributed by atoms with van der Waals surface area (Å²) in [6, 6.07) is 22.7. The summed E-state index contributed by atoms with van der Waals surface area (Å²) < 4.78 is 10.8. The minimum absolute atomic E-state index is 0.140. The molecular formula is C29H30N2O3. The lowest BCUT2D eigenvalue weighted by Gasteiger charge is -2.43. The molecule has 3 aromatic rings. The van der Waals surface area contributed by atoms with Crippen LogP contribution in [0.3, 0.4) is 0 Å². The zero-order chi connectivity index (χ0) is 23.2. The molecule has 5 nitrogen and oxygen atoms in total. The first kappa shape index (κ1) is 21.1. The Balaban J connectivity index is 1.33. The van der Waals surface area contributed by atoms with Crippen molar-refractivity contribution in [2.24, 2.45) is 17.8 Å². The van der Waals surface area contributed by atoms with E-state index < -0.39 is 0 Å². The topological polar surface area (TPSA) is 59.6 Å². The predicted molar refractivity (Wildman–Crippen MR) is 134 cm³/mol. The molecule has 0 aromatic heterocycles. The van der Waals surface area contributed by atoms with E-state index in [2.05, 4.69) is 53.1 Å². The highest BCUT2D eigenvalue weighted by Gasteiger charge is 2.53. The molecule has 5 atom stereocenters. The molecule has 3 aliphatic rings. The van der Waals surface area contributed by atoms with Gasteiger partial charge in [-0.3, -0.25) is 4.79 Å². The van der Waals surface area contributed by atoms with Gasteiger partial charge < -0.3 is 20.1 Å². The summed E-state index contributed by atoms with van der Waals surface area (Å²) in [5, 5.41) is 6.87. The van der Waals surface area contributed by atoms with E-state index >= 15 is 0 Å². The Hall–Kier alpha value is -3.47. The van der Waals surface area contributed by atoms with Crippen LogP contribution in [0.4, 0.5) is 11.4 Å². The largest absolute Gasteiger partial charge is 0.497 e. The molecule has 2 fully saturated rings. The lowest BCUT2D eigenvalue weighted by molar-refractivity contribution is 0.102. The molecule has 1 amide bonds. The van der Waals surface area contributed by atoms with Gasteiger partial charge in [-0.15, -0.1) is 0 Å². The van der Waals surface area contributed by atoms with Crippen molar-refractivity contribution >= 4 is 17.3 Å². The molecule has 2 bridgehead atoms.